The van der Waals surface area contributed by atoms with Gasteiger partial charge in [-0.2, -0.15) is 13.2 Å². The van der Waals surface area contributed by atoms with Crippen molar-refractivity contribution in [3.63, 3.8) is 0 Å². The second-order valence-corrected chi connectivity index (χ2v) is 10.8. The molecular weight excluding hydrogens is 555 g/mol. The molecule has 15 heteroatoms. The number of benzene rings is 1. The normalized spacial score (nSPS) is 17.6. The Labute approximate surface area is 227 Å². The number of amides is 1. The van der Waals surface area contributed by atoms with E-state index in [1.807, 2.05) is 0 Å². The molecule has 3 aromatic rings. The van der Waals surface area contributed by atoms with Crippen LogP contribution in [0.4, 0.5) is 23.7 Å². The Morgan fingerprint density at radius 2 is 1.80 bits per heavy atom. The highest BCUT2D eigenvalue weighted by atomic mass is 32.2. The van der Waals surface area contributed by atoms with Crippen LogP contribution in [-0.4, -0.2) is 53.0 Å². The summed E-state index contributed by atoms with van der Waals surface area (Å²) in [5.74, 6) is -1.63. The van der Waals surface area contributed by atoms with Crippen molar-refractivity contribution >= 4 is 21.8 Å². The van der Waals surface area contributed by atoms with Crippen LogP contribution < -0.4 is 19.5 Å². The summed E-state index contributed by atoms with van der Waals surface area (Å²) in [6.45, 7) is -0.242. The lowest BCUT2D eigenvalue weighted by molar-refractivity contribution is -0.142. The van der Waals surface area contributed by atoms with Gasteiger partial charge in [0.05, 0.1) is 24.1 Å². The molecular formula is C25H26F3N5O6S. The SMILES string of the molecule is CS(=O)(=O)Nc1ccc(-c2nc(OC(=O)N[C@@H]3CCCC[C@H]3O)c(C(F)(F)F)nc2OCc2ccccn2)cc1. The van der Waals surface area contributed by atoms with Gasteiger partial charge in [0.1, 0.15) is 12.3 Å². The van der Waals surface area contributed by atoms with Crippen molar-refractivity contribution in [2.45, 2.75) is 50.6 Å². The predicted molar refractivity (Wildman–Crippen MR) is 137 cm³/mol. The van der Waals surface area contributed by atoms with Crippen LogP contribution in [0.25, 0.3) is 11.3 Å². The minimum Gasteiger partial charge on any atom is -0.470 e. The Morgan fingerprint density at radius 1 is 1.07 bits per heavy atom. The van der Waals surface area contributed by atoms with Gasteiger partial charge < -0.3 is 19.9 Å². The van der Waals surface area contributed by atoms with Gasteiger partial charge in [-0.3, -0.25) is 9.71 Å². The first-order valence-electron chi connectivity index (χ1n) is 12.2. The van der Waals surface area contributed by atoms with Gasteiger partial charge in [-0.1, -0.05) is 31.0 Å². The first kappa shape index (κ1) is 29.0. The number of hydrogen-bond donors (Lipinski definition) is 3. The number of aromatic nitrogens is 3. The van der Waals surface area contributed by atoms with E-state index >= 15 is 0 Å². The summed E-state index contributed by atoms with van der Waals surface area (Å²) >= 11 is 0. The van der Waals surface area contributed by atoms with Gasteiger partial charge in [0.15, 0.2) is 0 Å². The van der Waals surface area contributed by atoms with E-state index in [4.69, 9.17) is 9.47 Å². The van der Waals surface area contributed by atoms with Gasteiger partial charge in [0.25, 0.3) is 5.88 Å². The smallest absolute Gasteiger partial charge is 0.438 e. The number of nitrogens with zero attached hydrogens (tertiary/aromatic N) is 3. The standard InChI is InChI=1S/C25H26F3N5O6S/c1-40(36,37)33-16-11-9-15(10-12-16)20-22(38-14-17-6-4-5-13-29-17)32-21(25(26,27)28)23(31-20)39-24(35)30-18-7-2-3-8-19(18)34/h4-6,9-13,18-19,33-34H,2-3,7-8,14H2,1H3,(H,30,35)/t18-,19-/m1/s1. The maximum atomic E-state index is 14.0. The van der Waals surface area contributed by atoms with Crippen LogP contribution in [0.15, 0.2) is 48.7 Å². The molecule has 1 saturated carbocycles. The molecule has 40 heavy (non-hydrogen) atoms. The Balaban J connectivity index is 1.71. The van der Waals surface area contributed by atoms with Gasteiger partial charge in [-0.05, 0) is 37.1 Å². The maximum Gasteiger partial charge on any atom is 0.438 e. The summed E-state index contributed by atoms with van der Waals surface area (Å²) < 4.78 is 78.0. The minimum absolute atomic E-state index is 0.198. The number of pyridine rings is 1. The van der Waals surface area contributed by atoms with E-state index in [1.54, 1.807) is 18.2 Å². The molecule has 1 fully saturated rings. The summed E-state index contributed by atoms with van der Waals surface area (Å²) in [7, 11) is -3.58. The zero-order valence-corrected chi connectivity index (χ0v) is 22.0. The second kappa shape index (κ2) is 12.0. The Bertz CT molecular complexity index is 1440. The highest BCUT2D eigenvalue weighted by molar-refractivity contribution is 7.92. The van der Waals surface area contributed by atoms with Crippen LogP contribution >= 0.6 is 0 Å². The molecule has 0 bridgehead atoms. The Hall–Kier alpha value is -3.98. The monoisotopic (exact) mass is 581 g/mol. The molecule has 1 aromatic carbocycles. The summed E-state index contributed by atoms with van der Waals surface area (Å²) in [4.78, 5) is 24.2. The highest BCUT2D eigenvalue weighted by Crippen LogP contribution is 2.39. The molecule has 2 aromatic heterocycles. The van der Waals surface area contributed by atoms with E-state index in [0.29, 0.717) is 18.5 Å². The largest absolute Gasteiger partial charge is 0.470 e. The van der Waals surface area contributed by atoms with Gasteiger partial charge in [-0.15, -0.1) is 0 Å². The summed E-state index contributed by atoms with van der Waals surface area (Å²) in [6, 6.07) is 9.77. The lowest BCUT2D eigenvalue weighted by Crippen LogP contribution is -2.46. The van der Waals surface area contributed by atoms with Gasteiger partial charge in [-0.25, -0.2) is 23.2 Å². The fourth-order valence-corrected chi connectivity index (χ4v) is 4.60. The van der Waals surface area contributed by atoms with Crippen molar-refractivity contribution in [2.24, 2.45) is 0 Å². The number of aliphatic hydroxyl groups excluding tert-OH is 1. The number of sulfonamides is 1. The van der Waals surface area contributed by atoms with E-state index < -0.39 is 51.9 Å². The molecule has 3 N–H and O–H groups in total. The third-order valence-corrected chi connectivity index (χ3v) is 6.47. The van der Waals surface area contributed by atoms with Crippen molar-refractivity contribution in [1.29, 1.82) is 0 Å². The number of aliphatic hydroxyl groups is 1. The highest BCUT2D eigenvalue weighted by Gasteiger charge is 2.40. The van der Waals surface area contributed by atoms with Crippen LogP contribution in [0.3, 0.4) is 0 Å². The fourth-order valence-electron chi connectivity index (χ4n) is 4.03. The van der Waals surface area contributed by atoms with Crippen LogP contribution in [0, 0.1) is 0 Å². The van der Waals surface area contributed by atoms with Crippen molar-refractivity contribution in [1.82, 2.24) is 20.3 Å². The molecule has 1 aliphatic carbocycles. The van der Waals surface area contributed by atoms with Crippen molar-refractivity contribution in [3.8, 4) is 23.0 Å². The molecule has 0 radical (unpaired) electrons. The molecule has 2 atom stereocenters. The lowest BCUT2D eigenvalue weighted by Gasteiger charge is -2.27. The molecule has 0 aliphatic heterocycles. The zero-order chi connectivity index (χ0) is 28.9. The number of nitrogens with one attached hydrogen (secondary N) is 2. The Morgan fingerprint density at radius 3 is 2.42 bits per heavy atom. The number of ether oxygens (including phenoxy) is 2. The van der Waals surface area contributed by atoms with Crippen LogP contribution in [0.1, 0.15) is 37.1 Å². The molecule has 11 nitrogen and oxygen atoms in total. The first-order valence-corrected chi connectivity index (χ1v) is 14.0. The van der Waals surface area contributed by atoms with Gasteiger partial charge in [0.2, 0.25) is 21.6 Å². The Kier molecular flexibility index (Phi) is 8.73. The summed E-state index contributed by atoms with van der Waals surface area (Å²) in [6.07, 6.45) is -2.34. The van der Waals surface area contributed by atoms with Crippen LogP contribution in [0.5, 0.6) is 11.8 Å². The number of rotatable bonds is 8. The molecule has 214 valence electrons. The van der Waals surface area contributed by atoms with E-state index in [1.165, 1.54) is 30.5 Å². The number of carbonyl (C=O) groups excluding carboxylic acids is 1. The van der Waals surface area contributed by atoms with E-state index in [0.717, 1.165) is 19.1 Å². The van der Waals surface area contributed by atoms with E-state index in [-0.39, 0.29) is 23.6 Å². The quantitative estimate of drug-likeness (QED) is 0.360. The maximum absolute atomic E-state index is 14.0. The average molecular weight is 582 g/mol. The first-order chi connectivity index (χ1) is 18.9. The molecule has 1 amide bonds. The summed E-state index contributed by atoms with van der Waals surface area (Å²) in [5.41, 5.74) is -0.993. The predicted octanol–water partition coefficient (Wildman–Crippen LogP) is 3.90. The molecule has 0 saturated heterocycles. The number of hydrogen-bond acceptors (Lipinski definition) is 9. The number of halogens is 3. The van der Waals surface area contributed by atoms with Crippen LogP contribution in [0.2, 0.25) is 0 Å². The molecule has 2 heterocycles. The van der Waals surface area contributed by atoms with Crippen LogP contribution in [-0.2, 0) is 22.8 Å². The molecule has 0 unspecified atom stereocenters. The average Bonchev–Trinajstić information content (AvgIpc) is 2.88. The minimum atomic E-state index is -5.07. The number of anilines is 1. The number of alkyl halides is 3. The molecule has 1 aliphatic rings. The van der Waals surface area contributed by atoms with Crippen molar-refractivity contribution in [2.75, 3.05) is 11.0 Å². The fraction of sp³-hybridized carbons (Fsp3) is 0.360. The van der Waals surface area contributed by atoms with Gasteiger partial charge >= 0.3 is 12.3 Å². The third-order valence-electron chi connectivity index (χ3n) is 5.87. The van der Waals surface area contributed by atoms with Gasteiger partial charge in [0, 0.05) is 17.4 Å². The molecule has 4 rings (SSSR count). The lowest BCUT2D eigenvalue weighted by atomic mass is 9.93. The second-order valence-electron chi connectivity index (χ2n) is 9.08. The summed E-state index contributed by atoms with van der Waals surface area (Å²) in [5, 5.41) is 12.5. The molecule has 0 spiro atoms. The third kappa shape index (κ3) is 7.79. The van der Waals surface area contributed by atoms with E-state index in [9.17, 15) is 31.5 Å². The van der Waals surface area contributed by atoms with Crippen molar-refractivity contribution in [3.05, 3.63) is 60.0 Å². The van der Waals surface area contributed by atoms with E-state index in [2.05, 4.69) is 25.0 Å². The van der Waals surface area contributed by atoms with Crippen molar-refractivity contribution < 1.29 is 41.0 Å². The topological polar surface area (TPSA) is 153 Å². The number of carbonyl (C=O) groups is 1. The zero-order valence-electron chi connectivity index (χ0n) is 21.2.